The van der Waals surface area contributed by atoms with E-state index in [2.05, 4.69) is 21.5 Å². The van der Waals surface area contributed by atoms with Crippen LogP contribution >= 0.6 is 0 Å². The molecule has 1 aromatic carbocycles. The Hall–Kier alpha value is -2.10. The maximum atomic E-state index is 11.5. The third-order valence-electron chi connectivity index (χ3n) is 3.00. The summed E-state index contributed by atoms with van der Waals surface area (Å²) in [5, 5.41) is 0.583. The zero-order chi connectivity index (χ0) is 16.0. The predicted molar refractivity (Wildman–Crippen MR) is 87.1 cm³/mol. The molecule has 0 aliphatic heterocycles. The first-order valence-electron chi connectivity index (χ1n) is 6.91. The van der Waals surface area contributed by atoms with Gasteiger partial charge in [0.1, 0.15) is 12.4 Å². The zero-order valence-corrected chi connectivity index (χ0v) is 13.4. The van der Waals surface area contributed by atoms with Crippen LogP contribution in [-0.4, -0.2) is 31.8 Å². The quantitative estimate of drug-likeness (QED) is 0.856. The van der Waals surface area contributed by atoms with E-state index in [9.17, 15) is 8.42 Å². The molecule has 1 heterocycles. The lowest BCUT2D eigenvalue weighted by Gasteiger charge is -2.06. The Labute approximate surface area is 130 Å². The van der Waals surface area contributed by atoms with Crippen molar-refractivity contribution in [2.45, 2.75) is 19.1 Å². The Kier molecular flexibility index (Phi) is 5.36. The van der Waals surface area contributed by atoms with E-state index in [4.69, 9.17) is 4.74 Å². The summed E-state index contributed by atoms with van der Waals surface area (Å²) in [5.41, 5.74) is 0.859. The Morgan fingerprint density at radius 3 is 2.86 bits per heavy atom. The molecule has 0 aliphatic rings. The molecule has 2 aromatic rings. The maximum Gasteiger partial charge on any atom is 0.214 e. The van der Waals surface area contributed by atoms with Crippen LogP contribution in [0.4, 0.5) is 0 Å². The standard InChI is InChI=1S/C16H18N2O3S/c1-13(2)22(19,20)18-10-3-4-11-21-15-8-7-14-6-5-9-17-16(14)12-15/h5-9,12-13,18H,10-11H2,1-2H3. The van der Waals surface area contributed by atoms with Crippen LogP contribution < -0.4 is 9.46 Å². The van der Waals surface area contributed by atoms with Gasteiger partial charge < -0.3 is 4.74 Å². The zero-order valence-electron chi connectivity index (χ0n) is 12.5. The molecule has 1 N–H and O–H groups in total. The molecule has 1 aromatic heterocycles. The fourth-order valence-corrected chi connectivity index (χ4v) is 2.28. The second kappa shape index (κ2) is 7.25. The Morgan fingerprint density at radius 2 is 2.09 bits per heavy atom. The first-order chi connectivity index (χ1) is 10.5. The molecule has 0 fully saturated rings. The number of fused-ring (bicyclic) bond motifs is 1. The average Bonchev–Trinajstić information content (AvgIpc) is 2.50. The second-order valence-electron chi connectivity index (χ2n) is 4.92. The number of rotatable bonds is 5. The van der Waals surface area contributed by atoms with E-state index in [0.717, 1.165) is 10.9 Å². The van der Waals surface area contributed by atoms with Crippen LogP contribution in [0.25, 0.3) is 10.9 Å². The van der Waals surface area contributed by atoms with Crippen molar-refractivity contribution in [2.24, 2.45) is 0 Å². The van der Waals surface area contributed by atoms with Crippen LogP contribution in [0.1, 0.15) is 13.8 Å². The van der Waals surface area contributed by atoms with Gasteiger partial charge in [-0.15, -0.1) is 0 Å². The van der Waals surface area contributed by atoms with Crippen LogP contribution in [0, 0.1) is 11.8 Å². The molecular formula is C16H18N2O3S. The highest BCUT2D eigenvalue weighted by Crippen LogP contribution is 2.18. The number of sulfonamides is 1. The van der Waals surface area contributed by atoms with E-state index in [1.54, 1.807) is 20.0 Å². The van der Waals surface area contributed by atoms with Crippen molar-refractivity contribution in [3.8, 4) is 17.6 Å². The third kappa shape index (κ3) is 4.45. The molecule has 0 amide bonds. The summed E-state index contributed by atoms with van der Waals surface area (Å²) in [6, 6.07) is 9.49. The minimum atomic E-state index is -3.26. The molecule has 2 rings (SSSR count). The molecule has 116 valence electrons. The van der Waals surface area contributed by atoms with E-state index in [-0.39, 0.29) is 13.2 Å². The van der Waals surface area contributed by atoms with Gasteiger partial charge in [0.05, 0.1) is 17.3 Å². The number of ether oxygens (including phenoxy) is 1. The summed E-state index contributed by atoms with van der Waals surface area (Å²) >= 11 is 0. The van der Waals surface area contributed by atoms with E-state index in [0.29, 0.717) is 5.75 Å². The van der Waals surface area contributed by atoms with Crippen LogP contribution in [0.3, 0.4) is 0 Å². The SMILES string of the molecule is CC(C)S(=O)(=O)NCC#CCOc1ccc2cccnc2c1. The van der Waals surface area contributed by atoms with E-state index < -0.39 is 15.3 Å². The Balaban J connectivity index is 1.85. The Morgan fingerprint density at radius 1 is 1.27 bits per heavy atom. The number of hydrogen-bond donors (Lipinski definition) is 1. The molecule has 0 saturated heterocycles. The molecule has 5 nitrogen and oxygen atoms in total. The van der Waals surface area contributed by atoms with Gasteiger partial charge in [-0.3, -0.25) is 4.98 Å². The number of nitrogens with one attached hydrogen (secondary N) is 1. The average molecular weight is 318 g/mol. The monoisotopic (exact) mass is 318 g/mol. The number of nitrogens with zero attached hydrogens (tertiary/aromatic N) is 1. The smallest absolute Gasteiger partial charge is 0.214 e. The fourth-order valence-electron chi connectivity index (χ4n) is 1.67. The molecule has 0 spiro atoms. The minimum Gasteiger partial charge on any atom is -0.481 e. The first-order valence-corrected chi connectivity index (χ1v) is 8.45. The largest absolute Gasteiger partial charge is 0.481 e. The highest BCUT2D eigenvalue weighted by Gasteiger charge is 2.13. The normalized spacial score (nSPS) is 11.2. The highest BCUT2D eigenvalue weighted by atomic mass is 32.2. The minimum absolute atomic E-state index is 0.0865. The van der Waals surface area contributed by atoms with Gasteiger partial charge >= 0.3 is 0 Å². The topological polar surface area (TPSA) is 68.3 Å². The summed E-state index contributed by atoms with van der Waals surface area (Å²) in [5.74, 6) is 6.18. The van der Waals surface area contributed by atoms with Gasteiger partial charge in [-0.2, -0.15) is 0 Å². The number of aromatic nitrogens is 1. The molecule has 0 saturated carbocycles. The summed E-state index contributed by atoms with van der Waals surface area (Å²) < 4.78 is 30.9. The first kappa shape index (κ1) is 16.3. The molecular weight excluding hydrogens is 300 g/mol. The summed E-state index contributed by atoms with van der Waals surface area (Å²) in [4.78, 5) is 4.25. The lowest BCUT2D eigenvalue weighted by atomic mass is 10.2. The van der Waals surface area contributed by atoms with Gasteiger partial charge in [0.25, 0.3) is 0 Å². The number of hydrogen-bond acceptors (Lipinski definition) is 4. The van der Waals surface area contributed by atoms with E-state index in [1.807, 2.05) is 30.3 Å². The maximum absolute atomic E-state index is 11.5. The van der Waals surface area contributed by atoms with Gasteiger partial charge in [0.2, 0.25) is 10.0 Å². The molecule has 6 heteroatoms. The lowest BCUT2D eigenvalue weighted by molar-refractivity contribution is 0.370. The fraction of sp³-hybridized carbons (Fsp3) is 0.312. The van der Waals surface area contributed by atoms with Crippen molar-refractivity contribution in [1.29, 1.82) is 0 Å². The molecule has 0 atom stereocenters. The van der Waals surface area contributed by atoms with Gasteiger partial charge in [-0.1, -0.05) is 17.9 Å². The van der Waals surface area contributed by atoms with Gasteiger partial charge in [-0.05, 0) is 32.0 Å². The third-order valence-corrected chi connectivity index (χ3v) is 4.78. The van der Waals surface area contributed by atoms with Gasteiger partial charge in [-0.25, -0.2) is 13.1 Å². The molecule has 0 radical (unpaired) electrons. The number of benzene rings is 1. The van der Waals surface area contributed by atoms with E-state index >= 15 is 0 Å². The highest BCUT2D eigenvalue weighted by molar-refractivity contribution is 7.90. The van der Waals surface area contributed by atoms with Crippen LogP contribution in [0.15, 0.2) is 36.5 Å². The van der Waals surface area contributed by atoms with Crippen molar-refractivity contribution >= 4 is 20.9 Å². The van der Waals surface area contributed by atoms with Crippen molar-refractivity contribution in [3.05, 3.63) is 36.5 Å². The summed E-state index contributed by atoms with van der Waals surface area (Å²) in [6.45, 7) is 3.52. The lowest BCUT2D eigenvalue weighted by Crippen LogP contribution is -2.31. The van der Waals surface area contributed by atoms with Crippen molar-refractivity contribution in [1.82, 2.24) is 9.71 Å². The van der Waals surface area contributed by atoms with Crippen LogP contribution in [-0.2, 0) is 10.0 Å². The molecule has 0 unspecified atom stereocenters. The van der Waals surface area contributed by atoms with E-state index in [1.165, 1.54) is 0 Å². The number of pyridine rings is 1. The van der Waals surface area contributed by atoms with Gasteiger partial charge in [0, 0.05) is 17.6 Å². The van der Waals surface area contributed by atoms with Crippen LogP contribution in [0.2, 0.25) is 0 Å². The molecule has 0 aliphatic carbocycles. The molecule has 22 heavy (non-hydrogen) atoms. The van der Waals surface area contributed by atoms with Gasteiger partial charge in [0.15, 0.2) is 0 Å². The predicted octanol–water partition coefficient (Wildman–Crippen LogP) is 1.94. The van der Waals surface area contributed by atoms with Crippen molar-refractivity contribution in [2.75, 3.05) is 13.2 Å². The Bertz CT molecular complexity index is 805. The second-order valence-corrected chi connectivity index (χ2v) is 7.24. The van der Waals surface area contributed by atoms with Crippen molar-refractivity contribution < 1.29 is 13.2 Å². The molecule has 0 bridgehead atoms. The van der Waals surface area contributed by atoms with Crippen LogP contribution in [0.5, 0.6) is 5.75 Å². The summed E-state index contributed by atoms with van der Waals surface area (Å²) in [7, 11) is -3.26. The van der Waals surface area contributed by atoms with Crippen molar-refractivity contribution in [3.63, 3.8) is 0 Å². The summed E-state index contributed by atoms with van der Waals surface area (Å²) in [6.07, 6.45) is 1.73.